The maximum Gasteiger partial charge on any atom is 0.117 e. The summed E-state index contributed by atoms with van der Waals surface area (Å²) < 4.78 is 10.1. The maximum atomic E-state index is 5.09. The minimum atomic E-state index is 0.139. The van der Waals surface area contributed by atoms with Crippen LogP contribution in [0.3, 0.4) is 0 Å². The summed E-state index contributed by atoms with van der Waals surface area (Å²) in [6, 6.07) is 0. The van der Waals surface area contributed by atoms with Crippen molar-refractivity contribution in [3.05, 3.63) is 0 Å². The molecule has 0 aromatic carbocycles. The van der Waals surface area contributed by atoms with Gasteiger partial charge in [-0.2, -0.15) is 0 Å². The Hall–Kier alpha value is -0.0800. The van der Waals surface area contributed by atoms with Crippen LogP contribution in [0.25, 0.3) is 0 Å². The SMILES string of the molecule is C[C@@]1([C@H]2CO2)CO1. The van der Waals surface area contributed by atoms with E-state index in [1.165, 1.54) is 0 Å². The van der Waals surface area contributed by atoms with Crippen molar-refractivity contribution in [1.29, 1.82) is 0 Å². The lowest BCUT2D eigenvalue weighted by Gasteiger charge is -1.92. The van der Waals surface area contributed by atoms with Crippen LogP contribution in [0.15, 0.2) is 0 Å². The van der Waals surface area contributed by atoms with Crippen LogP contribution in [-0.4, -0.2) is 24.9 Å². The van der Waals surface area contributed by atoms with Gasteiger partial charge in [-0.1, -0.05) is 0 Å². The molecule has 0 aliphatic carbocycles. The Morgan fingerprint density at radius 2 is 2.29 bits per heavy atom. The Kier molecular flexibility index (Phi) is 0.474. The molecule has 2 atom stereocenters. The first-order valence-corrected chi connectivity index (χ1v) is 2.57. The summed E-state index contributed by atoms with van der Waals surface area (Å²) in [5, 5.41) is 0. The second kappa shape index (κ2) is 0.858. The standard InChI is InChI=1S/C5H8O2/c1-5(3-7-5)4-2-6-4/h4H,2-3H2,1H3/t4-,5+/m1/s1. The van der Waals surface area contributed by atoms with Gasteiger partial charge in [0, 0.05) is 0 Å². The summed E-state index contributed by atoms with van der Waals surface area (Å²) in [4.78, 5) is 0. The third-order valence-corrected chi connectivity index (χ3v) is 1.61. The molecule has 0 bridgehead atoms. The van der Waals surface area contributed by atoms with Crippen LogP contribution in [0, 0.1) is 0 Å². The van der Waals surface area contributed by atoms with Crippen molar-refractivity contribution in [2.24, 2.45) is 0 Å². The molecule has 0 spiro atoms. The van der Waals surface area contributed by atoms with Crippen LogP contribution in [-0.2, 0) is 9.47 Å². The van der Waals surface area contributed by atoms with E-state index >= 15 is 0 Å². The van der Waals surface area contributed by atoms with E-state index in [9.17, 15) is 0 Å². The van der Waals surface area contributed by atoms with Crippen molar-refractivity contribution in [2.75, 3.05) is 13.2 Å². The molecule has 2 aliphatic heterocycles. The predicted octanol–water partition coefficient (Wildman–Crippen LogP) is 0.174. The summed E-state index contributed by atoms with van der Waals surface area (Å²) in [6.07, 6.45) is 0.437. The van der Waals surface area contributed by atoms with Crippen LogP contribution in [0.2, 0.25) is 0 Å². The molecule has 2 nitrogen and oxygen atoms in total. The summed E-state index contributed by atoms with van der Waals surface area (Å²) in [7, 11) is 0. The van der Waals surface area contributed by atoms with Crippen molar-refractivity contribution >= 4 is 0 Å². The fraction of sp³-hybridized carbons (Fsp3) is 1.00. The summed E-state index contributed by atoms with van der Waals surface area (Å²) in [6.45, 7) is 3.90. The van der Waals surface area contributed by atoms with E-state index in [2.05, 4.69) is 6.92 Å². The third kappa shape index (κ3) is 0.469. The minimum Gasteiger partial charge on any atom is -0.370 e. The molecule has 0 aromatic heterocycles. The monoisotopic (exact) mass is 100 g/mol. The van der Waals surface area contributed by atoms with Gasteiger partial charge in [0.05, 0.1) is 13.2 Å². The Labute approximate surface area is 42.4 Å². The highest BCUT2D eigenvalue weighted by atomic mass is 16.7. The lowest BCUT2D eigenvalue weighted by Crippen LogP contribution is -2.12. The van der Waals surface area contributed by atoms with E-state index in [0.29, 0.717) is 6.10 Å². The maximum absolute atomic E-state index is 5.09. The quantitative estimate of drug-likeness (QED) is 0.439. The van der Waals surface area contributed by atoms with Crippen molar-refractivity contribution in [1.82, 2.24) is 0 Å². The topological polar surface area (TPSA) is 25.1 Å². The highest BCUT2D eigenvalue weighted by Gasteiger charge is 2.53. The van der Waals surface area contributed by atoms with Crippen molar-refractivity contribution in [3.8, 4) is 0 Å². The highest BCUT2D eigenvalue weighted by Crippen LogP contribution is 2.37. The van der Waals surface area contributed by atoms with Gasteiger partial charge in [0.25, 0.3) is 0 Å². The lowest BCUT2D eigenvalue weighted by molar-refractivity contribution is 0.253. The summed E-state index contributed by atoms with van der Waals surface area (Å²) in [5.74, 6) is 0. The smallest absolute Gasteiger partial charge is 0.117 e. The molecule has 7 heavy (non-hydrogen) atoms. The van der Waals surface area contributed by atoms with E-state index in [4.69, 9.17) is 9.47 Å². The van der Waals surface area contributed by atoms with Gasteiger partial charge in [0.2, 0.25) is 0 Å². The number of hydrogen-bond donors (Lipinski definition) is 0. The van der Waals surface area contributed by atoms with Crippen LogP contribution < -0.4 is 0 Å². The number of ether oxygens (including phenoxy) is 2. The molecule has 0 unspecified atom stereocenters. The molecule has 0 aromatic rings. The molecule has 2 saturated heterocycles. The van der Waals surface area contributed by atoms with E-state index in [0.717, 1.165) is 13.2 Å². The normalized spacial score (nSPS) is 57.0. The largest absolute Gasteiger partial charge is 0.370 e. The second-order valence-electron chi connectivity index (χ2n) is 2.42. The zero-order valence-corrected chi connectivity index (χ0v) is 4.31. The van der Waals surface area contributed by atoms with Gasteiger partial charge in [0.1, 0.15) is 11.7 Å². The Morgan fingerprint density at radius 3 is 2.43 bits per heavy atom. The van der Waals surface area contributed by atoms with E-state index in [1.807, 2.05) is 0 Å². The molecule has 2 rings (SSSR count). The Balaban J connectivity index is 2.04. The molecule has 0 radical (unpaired) electrons. The predicted molar refractivity (Wildman–Crippen MR) is 24.1 cm³/mol. The van der Waals surface area contributed by atoms with Crippen molar-refractivity contribution < 1.29 is 9.47 Å². The molecule has 0 saturated carbocycles. The van der Waals surface area contributed by atoms with Crippen LogP contribution in [0.4, 0.5) is 0 Å². The zero-order valence-electron chi connectivity index (χ0n) is 4.31. The van der Waals surface area contributed by atoms with Crippen LogP contribution >= 0.6 is 0 Å². The Morgan fingerprint density at radius 1 is 1.71 bits per heavy atom. The molecule has 40 valence electrons. The van der Waals surface area contributed by atoms with Gasteiger partial charge < -0.3 is 9.47 Å². The fourth-order valence-electron chi connectivity index (χ4n) is 0.700. The van der Waals surface area contributed by atoms with Gasteiger partial charge in [-0.3, -0.25) is 0 Å². The van der Waals surface area contributed by atoms with Gasteiger partial charge in [0.15, 0.2) is 0 Å². The summed E-state index contributed by atoms with van der Waals surface area (Å²) >= 11 is 0. The average molecular weight is 100 g/mol. The van der Waals surface area contributed by atoms with Crippen LogP contribution in [0.5, 0.6) is 0 Å². The molecule has 2 fully saturated rings. The van der Waals surface area contributed by atoms with E-state index in [1.54, 1.807) is 0 Å². The Bertz CT molecular complexity index is 92.3. The van der Waals surface area contributed by atoms with E-state index in [-0.39, 0.29) is 5.60 Å². The van der Waals surface area contributed by atoms with Gasteiger partial charge in [-0.05, 0) is 6.92 Å². The molecule has 2 heterocycles. The second-order valence-corrected chi connectivity index (χ2v) is 2.42. The highest BCUT2D eigenvalue weighted by molar-refractivity contribution is 5.00. The third-order valence-electron chi connectivity index (χ3n) is 1.61. The number of rotatable bonds is 1. The van der Waals surface area contributed by atoms with E-state index < -0.39 is 0 Å². The number of epoxide rings is 2. The lowest BCUT2D eigenvalue weighted by atomic mass is 10.1. The fourth-order valence-corrected chi connectivity index (χ4v) is 0.700. The average Bonchev–Trinajstić information content (AvgIpc) is 2.14. The zero-order chi connectivity index (χ0) is 4.91. The first-order valence-electron chi connectivity index (χ1n) is 2.57. The minimum absolute atomic E-state index is 0.139. The van der Waals surface area contributed by atoms with Gasteiger partial charge in [-0.25, -0.2) is 0 Å². The first-order chi connectivity index (χ1) is 3.31. The van der Waals surface area contributed by atoms with Crippen molar-refractivity contribution in [2.45, 2.75) is 18.6 Å². The number of hydrogen-bond acceptors (Lipinski definition) is 2. The molecule has 0 N–H and O–H groups in total. The molecule has 2 aliphatic rings. The molecule has 0 amide bonds. The summed E-state index contributed by atoms with van der Waals surface area (Å²) in [5.41, 5.74) is 0.139. The van der Waals surface area contributed by atoms with Gasteiger partial charge >= 0.3 is 0 Å². The van der Waals surface area contributed by atoms with Gasteiger partial charge in [-0.15, -0.1) is 0 Å². The van der Waals surface area contributed by atoms with Crippen molar-refractivity contribution in [3.63, 3.8) is 0 Å². The molecule has 2 heteroatoms. The van der Waals surface area contributed by atoms with Crippen LogP contribution in [0.1, 0.15) is 6.92 Å². The molecular formula is C5H8O2. The first kappa shape index (κ1) is 3.87. The molecular weight excluding hydrogens is 92.1 g/mol.